The van der Waals surface area contributed by atoms with Gasteiger partial charge in [0.25, 0.3) is 0 Å². The first-order valence-electron chi connectivity index (χ1n) is 8.88. The molecule has 0 bridgehead atoms. The van der Waals surface area contributed by atoms with E-state index in [-0.39, 0.29) is 23.8 Å². The van der Waals surface area contributed by atoms with E-state index in [4.69, 9.17) is 0 Å². The molecule has 1 aromatic carbocycles. The molecule has 2 fully saturated rings. The molecule has 2 unspecified atom stereocenters. The summed E-state index contributed by atoms with van der Waals surface area (Å²) in [5.41, 5.74) is 0.151. The predicted octanol–water partition coefficient (Wildman–Crippen LogP) is 3.75. The van der Waals surface area contributed by atoms with Crippen LogP contribution >= 0.6 is 0 Å². The molecular formula is C19H25F3N2O. The monoisotopic (exact) mass is 354 g/mol. The van der Waals surface area contributed by atoms with E-state index in [9.17, 15) is 18.0 Å². The Hall–Kier alpha value is -1.56. The first kappa shape index (κ1) is 18.2. The maximum Gasteiger partial charge on any atom is 0.416 e. The van der Waals surface area contributed by atoms with Gasteiger partial charge < -0.3 is 9.80 Å². The van der Waals surface area contributed by atoms with Crippen LogP contribution in [0.15, 0.2) is 24.3 Å². The average molecular weight is 354 g/mol. The summed E-state index contributed by atoms with van der Waals surface area (Å²) >= 11 is 0. The van der Waals surface area contributed by atoms with Crippen molar-refractivity contribution in [3.05, 3.63) is 35.4 Å². The molecular weight excluding hydrogens is 329 g/mol. The van der Waals surface area contributed by atoms with Crippen LogP contribution in [0.4, 0.5) is 13.2 Å². The van der Waals surface area contributed by atoms with Gasteiger partial charge in [0.05, 0.1) is 11.5 Å². The number of nitrogens with zero attached hydrogens (tertiary/aromatic N) is 2. The van der Waals surface area contributed by atoms with E-state index in [0.29, 0.717) is 0 Å². The third-order valence-corrected chi connectivity index (χ3v) is 5.64. The Morgan fingerprint density at radius 2 is 1.96 bits per heavy atom. The molecule has 1 amide bonds. The number of rotatable bonds is 3. The number of amides is 1. The van der Waals surface area contributed by atoms with Crippen molar-refractivity contribution in [1.29, 1.82) is 0 Å². The molecule has 6 heteroatoms. The fourth-order valence-corrected chi connectivity index (χ4v) is 4.11. The standard InChI is InChI=1S/C19H25F3N2O/c1-23-11-15(12-23)18(25)24(2)17-8-4-6-14(10-17)13-5-3-7-16(9-13)19(20,21)22/h3,5,7,9,14-15,17H,4,6,8,10-12H2,1-2H3. The van der Waals surface area contributed by atoms with Crippen molar-refractivity contribution in [2.24, 2.45) is 5.92 Å². The molecule has 1 saturated heterocycles. The molecule has 1 aliphatic carbocycles. The van der Waals surface area contributed by atoms with Crippen LogP contribution in [0, 0.1) is 5.92 Å². The summed E-state index contributed by atoms with van der Waals surface area (Å²) in [6.45, 7) is 1.60. The zero-order valence-electron chi connectivity index (χ0n) is 14.7. The number of carbonyl (C=O) groups excluding carboxylic acids is 1. The summed E-state index contributed by atoms with van der Waals surface area (Å²) in [4.78, 5) is 16.5. The highest BCUT2D eigenvalue weighted by atomic mass is 19.4. The zero-order chi connectivity index (χ0) is 18.2. The number of hydrogen-bond donors (Lipinski definition) is 0. The molecule has 138 valence electrons. The van der Waals surface area contributed by atoms with Gasteiger partial charge in [0, 0.05) is 26.2 Å². The second-order valence-electron chi connectivity index (χ2n) is 7.51. The first-order chi connectivity index (χ1) is 11.8. The lowest BCUT2D eigenvalue weighted by Crippen LogP contribution is -2.54. The van der Waals surface area contributed by atoms with Crippen LogP contribution in [-0.4, -0.2) is 48.9 Å². The Morgan fingerprint density at radius 3 is 2.60 bits per heavy atom. The summed E-state index contributed by atoms with van der Waals surface area (Å²) in [7, 11) is 3.84. The largest absolute Gasteiger partial charge is 0.416 e. The van der Waals surface area contributed by atoms with Gasteiger partial charge in [-0.1, -0.05) is 24.6 Å². The molecule has 0 radical (unpaired) electrons. The molecule has 0 N–H and O–H groups in total. The Balaban J connectivity index is 1.68. The van der Waals surface area contributed by atoms with Crippen molar-refractivity contribution in [3.8, 4) is 0 Å². The Bertz CT molecular complexity index is 625. The van der Waals surface area contributed by atoms with Crippen LogP contribution in [0.2, 0.25) is 0 Å². The number of likely N-dealkylation sites (tertiary alicyclic amines) is 1. The minimum atomic E-state index is -4.31. The molecule has 0 aromatic heterocycles. The molecule has 25 heavy (non-hydrogen) atoms. The summed E-state index contributed by atoms with van der Waals surface area (Å²) < 4.78 is 38.9. The Labute approximate surface area is 146 Å². The van der Waals surface area contributed by atoms with Crippen LogP contribution in [-0.2, 0) is 11.0 Å². The van der Waals surface area contributed by atoms with Gasteiger partial charge >= 0.3 is 6.18 Å². The van der Waals surface area contributed by atoms with E-state index in [1.54, 1.807) is 6.07 Å². The van der Waals surface area contributed by atoms with Gasteiger partial charge in [-0.3, -0.25) is 4.79 Å². The topological polar surface area (TPSA) is 23.6 Å². The fourth-order valence-electron chi connectivity index (χ4n) is 4.11. The van der Waals surface area contributed by atoms with Gasteiger partial charge in [0.2, 0.25) is 5.91 Å². The van der Waals surface area contributed by atoms with E-state index < -0.39 is 11.7 Å². The van der Waals surface area contributed by atoms with Gasteiger partial charge in [-0.25, -0.2) is 0 Å². The van der Waals surface area contributed by atoms with E-state index in [1.807, 2.05) is 19.0 Å². The van der Waals surface area contributed by atoms with Crippen LogP contribution in [0.5, 0.6) is 0 Å². The summed E-state index contributed by atoms with van der Waals surface area (Å²) in [5, 5.41) is 0. The lowest BCUT2D eigenvalue weighted by molar-refractivity contribution is -0.142. The summed E-state index contributed by atoms with van der Waals surface area (Å²) in [5.74, 6) is 0.331. The van der Waals surface area contributed by atoms with Crippen LogP contribution < -0.4 is 0 Å². The maximum atomic E-state index is 13.0. The lowest BCUT2D eigenvalue weighted by atomic mass is 9.80. The predicted molar refractivity (Wildman–Crippen MR) is 90.2 cm³/mol. The van der Waals surface area contributed by atoms with Crippen LogP contribution in [0.25, 0.3) is 0 Å². The molecule has 2 atom stereocenters. The highest BCUT2D eigenvalue weighted by Gasteiger charge is 2.36. The fraction of sp³-hybridized carbons (Fsp3) is 0.632. The van der Waals surface area contributed by atoms with Gasteiger partial charge in [-0.15, -0.1) is 0 Å². The molecule has 1 aromatic rings. The van der Waals surface area contributed by atoms with Crippen molar-refractivity contribution < 1.29 is 18.0 Å². The lowest BCUT2D eigenvalue weighted by Gasteiger charge is -2.41. The van der Waals surface area contributed by atoms with Gasteiger partial charge in [0.1, 0.15) is 0 Å². The van der Waals surface area contributed by atoms with E-state index in [2.05, 4.69) is 4.90 Å². The molecule has 1 heterocycles. The molecule has 0 spiro atoms. The van der Waals surface area contributed by atoms with Crippen molar-refractivity contribution in [2.75, 3.05) is 27.2 Å². The van der Waals surface area contributed by atoms with Crippen LogP contribution in [0.1, 0.15) is 42.7 Å². The van der Waals surface area contributed by atoms with Gasteiger partial charge in [-0.05, 0) is 43.9 Å². The Kier molecular flexibility index (Phi) is 5.09. The second kappa shape index (κ2) is 6.98. The number of benzene rings is 1. The smallest absolute Gasteiger partial charge is 0.342 e. The van der Waals surface area contributed by atoms with Crippen molar-refractivity contribution in [2.45, 2.75) is 43.8 Å². The number of halogens is 3. The zero-order valence-corrected chi connectivity index (χ0v) is 14.7. The van der Waals surface area contributed by atoms with Gasteiger partial charge in [-0.2, -0.15) is 13.2 Å². The van der Waals surface area contributed by atoms with Crippen molar-refractivity contribution in [3.63, 3.8) is 0 Å². The highest BCUT2D eigenvalue weighted by molar-refractivity contribution is 5.80. The molecule has 2 aliphatic rings. The van der Waals surface area contributed by atoms with Crippen molar-refractivity contribution >= 4 is 5.91 Å². The van der Waals surface area contributed by atoms with E-state index in [1.165, 1.54) is 12.1 Å². The summed E-state index contributed by atoms with van der Waals surface area (Å²) in [6, 6.07) is 5.78. The third-order valence-electron chi connectivity index (χ3n) is 5.64. The number of alkyl halides is 3. The molecule has 3 rings (SSSR count). The Morgan fingerprint density at radius 1 is 1.24 bits per heavy atom. The van der Waals surface area contributed by atoms with Crippen LogP contribution in [0.3, 0.4) is 0 Å². The van der Waals surface area contributed by atoms with Gasteiger partial charge in [0.15, 0.2) is 0 Å². The number of carbonyl (C=O) groups is 1. The SMILES string of the molecule is CN1CC(C(=O)N(C)C2CCCC(c3cccc(C(F)(F)F)c3)C2)C1. The average Bonchev–Trinajstić information content (AvgIpc) is 2.57. The third kappa shape index (κ3) is 4.00. The summed E-state index contributed by atoms with van der Waals surface area (Å²) in [6.07, 6.45) is -0.820. The second-order valence-corrected chi connectivity index (χ2v) is 7.51. The highest BCUT2D eigenvalue weighted by Crippen LogP contribution is 2.38. The molecule has 1 saturated carbocycles. The van der Waals surface area contributed by atoms with E-state index >= 15 is 0 Å². The normalized spacial score (nSPS) is 25.5. The molecule has 3 nitrogen and oxygen atoms in total. The van der Waals surface area contributed by atoms with Crippen molar-refractivity contribution in [1.82, 2.24) is 9.80 Å². The molecule has 1 aliphatic heterocycles. The minimum Gasteiger partial charge on any atom is -0.342 e. The van der Waals surface area contributed by atoms with E-state index in [0.717, 1.165) is 50.4 Å². The minimum absolute atomic E-state index is 0.0731. The quantitative estimate of drug-likeness (QED) is 0.825. The number of hydrogen-bond acceptors (Lipinski definition) is 2. The first-order valence-corrected chi connectivity index (χ1v) is 8.88. The maximum absolute atomic E-state index is 13.0.